The lowest BCUT2D eigenvalue weighted by Crippen LogP contribution is -2.57. The van der Waals surface area contributed by atoms with E-state index in [-0.39, 0.29) is 17.9 Å². The number of carbonyl (C=O) groups excluding carboxylic acids is 2. The van der Waals surface area contributed by atoms with Crippen LogP contribution in [0.3, 0.4) is 0 Å². The molecule has 0 aromatic carbocycles. The Morgan fingerprint density at radius 1 is 1.36 bits per heavy atom. The molecule has 5 heteroatoms. The second-order valence-corrected chi connectivity index (χ2v) is 7.04. The third-order valence-corrected chi connectivity index (χ3v) is 5.45. The van der Waals surface area contributed by atoms with Crippen LogP contribution in [0, 0.1) is 6.92 Å². The van der Waals surface area contributed by atoms with Gasteiger partial charge in [0, 0.05) is 30.4 Å². The van der Waals surface area contributed by atoms with Crippen molar-refractivity contribution in [3.05, 3.63) is 21.4 Å². The summed E-state index contributed by atoms with van der Waals surface area (Å²) in [6.45, 7) is 7.51. The van der Waals surface area contributed by atoms with Crippen LogP contribution in [-0.2, 0) is 11.2 Å². The van der Waals surface area contributed by atoms with E-state index in [1.54, 1.807) is 21.1 Å². The van der Waals surface area contributed by atoms with Gasteiger partial charge in [-0.25, -0.2) is 0 Å². The van der Waals surface area contributed by atoms with Crippen molar-refractivity contribution in [2.45, 2.75) is 52.5 Å². The summed E-state index contributed by atoms with van der Waals surface area (Å²) in [5.74, 6) is 0.113. The third-order valence-electron chi connectivity index (χ3n) is 4.49. The topological polar surface area (TPSA) is 40.6 Å². The average Bonchev–Trinajstić information content (AvgIpc) is 2.88. The van der Waals surface area contributed by atoms with Crippen LogP contribution in [0.2, 0.25) is 0 Å². The Balaban J connectivity index is 2.27. The molecule has 1 aromatic heterocycles. The highest BCUT2D eigenvalue weighted by Gasteiger charge is 2.36. The van der Waals surface area contributed by atoms with Gasteiger partial charge in [0.2, 0.25) is 5.91 Å². The van der Waals surface area contributed by atoms with E-state index < -0.39 is 0 Å². The van der Waals surface area contributed by atoms with Gasteiger partial charge in [-0.05, 0) is 25.3 Å². The van der Waals surface area contributed by atoms with Crippen molar-refractivity contribution in [1.82, 2.24) is 9.80 Å². The first-order valence-electron chi connectivity index (χ1n) is 8.14. The number of hydrogen-bond acceptors (Lipinski definition) is 3. The molecule has 0 spiro atoms. The highest BCUT2D eigenvalue weighted by Crippen LogP contribution is 2.26. The fourth-order valence-electron chi connectivity index (χ4n) is 3.08. The van der Waals surface area contributed by atoms with E-state index in [2.05, 4.69) is 20.8 Å². The molecule has 1 fully saturated rings. The van der Waals surface area contributed by atoms with Crippen LogP contribution in [0.1, 0.15) is 53.9 Å². The second-order valence-electron chi connectivity index (χ2n) is 5.95. The van der Waals surface area contributed by atoms with Gasteiger partial charge in [-0.2, -0.15) is 0 Å². The molecule has 1 aliphatic rings. The molecule has 122 valence electrons. The highest BCUT2D eigenvalue weighted by atomic mass is 32.1. The minimum absolute atomic E-state index is 0.0313. The van der Waals surface area contributed by atoms with E-state index in [0.29, 0.717) is 13.1 Å². The van der Waals surface area contributed by atoms with Gasteiger partial charge in [-0.15, -0.1) is 11.3 Å². The van der Waals surface area contributed by atoms with Gasteiger partial charge >= 0.3 is 0 Å². The zero-order valence-electron chi connectivity index (χ0n) is 14.0. The van der Waals surface area contributed by atoms with Gasteiger partial charge in [-0.1, -0.05) is 26.7 Å². The fourth-order valence-corrected chi connectivity index (χ4v) is 4.02. The van der Waals surface area contributed by atoms with Crippen LogP contribution in [-0.4, -0.2) is 47.8 Å². The number of rotatable bonds is 5. The van der Waals surface area contributed by atoms with Crippen LogP contribution in [0.15, 0.2) is 5.38 Å². The molecule has 0 aliphatic carbocycles. The number of nitrogens with zero attached hydrogens (tertiary/aromatic N) is 2. The minimum atomic E-state index is -0.295. The lowest BCUT2D eigenvalue weighted by atomic mass is 10.0. The summed E-state index contributed by atoms with van der Waals surface area (Å²) in [5.41, 5.74) is 1.93. The van der Waals surface area contributed by atoms with Crippen LogP contribution in [0.4, 0.5) is 0 Å². The Kier molecular flexibility index (Phi) is 5.62. The van der Waals surface area contributed by atoms with Crippen LogP contribution in [0.5, 0.6) is 0 Å². The van der Waals surface area contributed by atoms with Crippen molar-refractivity contribution in [1.29, 1.82) is 0 Å². The number of unbranched alkanes of at least 4 members (excludes halogenated alkanes) is 1. The summed E-state index contributed by atoms with van der Waals surface area (Å²) >= 11 is 1.63. The first-order chi connectivity index (χ1) is 10.5. The Labute approximate surface area is 137 Å². The molecular weight excluding hydrogens is 296 g/mol. The molecule has 1 aliphatic heterocycles. The number of thiophene rings is 1. The summed E-state index contributed by atoms with van der Waals surface area (Å²) in [5, 5.41) is 1.95. The zero-order valence-corrected chi connectivity index (χ0v) is 14.8. The van der Waals surface area contributed by atoms with Crippen LogP contribution < -0.4 is 0 Å². The van der Waals surface area contributed by atoms with Crippen LogP contribution in [0.25, 0.3) is 0 Å². The molecule has 1 unspecified atom stereocenters. The largest absolute Gasteiger partial charge is 0.342 e. The SMILES string of the molecule is CCCCC1C(=O)N(C)CCN1C(=O)c1csc(C)c1CC. The van der Waals surface area contributed by atoms with Gasteiger partial charge in [0.1, 0.15) is 6.04 Å². The molecule has 0 saturated carbocycles. The van der Waals surface area contributed by atoms with Crippen molar-refractivity contribution in [3.63, 3.8) is 0 Å². The van der Waals surface area contributed by atoms with Crippen molar-refractivity contribution in [2.75, 3.05) is 20.1 Å². The molecule has 0 bridgehead atoms. The van der Waals surface area contributed by atoms with Gasteiger partial charge in [0.25, 0.3) is 5.91 Å². The Morgan fingerprint density at radius 3 is 2.73 bits per heavy atom. The predicted molar refractivity (Wildman–Crippen MR) is 90.4 cm³/mol. The molecule has 1 saturated heterocycles. The lowest BCUT2D eigenvalue weighted by Gasteiger charge is -2.39. The maximum atomic E-state index is 13.0. The molecule has 0 radical (unpaired) electrons. The van der Waals surface area contributed by atoms with E-state index in [1.807, 2.05) is 12.4 Å². The van der Waals surface area contributed by atoms with E-state index in [9.17, 15) is 9.59 Å². The van der Waals surface area contributed by atoms with E-state index in [1.165, 1.54) is 4.88 Å². The third kappa shape index (κ3) is 3.19. The fraction of sp³-hybridized carbons (Fsp3) is 0.647. The summed E-state index contributed by atoms with van der Waals surface area (Å²) in [6, 6.07) is -0.295. The number of likely N-dealkylation sites (N-methyl/N-ethyl adjacent to an activating group) is 1. The molecule has 2 amide bonds. The number of piperazine rings is 1. The Morgan fingerprint density at radius 2 is 2.09 bits per heavy atom. The normalized spacial score (nSPS) is 18.9. The quantitative estimate of drug-likeness (QED) is 0.836. The predicted octanol–water partition coefficient (Wildman–Crippen LogP) is 3.09. The minimum Gasteiger partial charge on any atom is -0.342 e. The number of hydrogen-bond donors (Lipinski definition) is 0. The van der Waals surface area contributed by atoms with E-state index >= 15 is 0 Å². The summed E-state index contributed by atoms with van der Waals surface area (Å²) in [6.07, 6.45) is 3.62. The maximum Gasteiger partial charge on any atom is 0.255 e. The van der Waals surface area contributed by atoms with Crippen molar-refractivity contribution < 1.29 is 9.59 Å². The molecular formula is C17H26N2O2S. The number of aryl methyl sites for hydroxylation is 1. The Hall–Kier alpha value is -1.36. The maximum absolute atomic E-state index is 13.0. The second kappa shape index (κ2) is 7.27. The first kappa shape index (κ1) is 17.0. The van der Waals surface area contributed by atoms with Gasteiger partial charge in [0.15, 0.2) is 0 Å². The van der Waals surface area contributed by atoms with Crippen molar-refractivity contribution in [2.24, 2.45) is 0 Å². The van der Waals surface area contributed by atoms with Gasteiger partial charge in [-0.3, -0.25) is 9.59 Å². The average molecular weight is 322 g/mol. The van der Waals surface area contributed by atoms with E-state index in [0.717, 1.165) is 36.8 Å². The summed E-state index contributed by atoms with van der Waals surface area (Å²) in [4.78, 5) is 30.2. The van der Waals surface area contributed by atoms with Gasteiger partial charge < -0.3 is 9.80 Å². The molecule has 1 atom stereocenters. The number of amides is 2. The van der Waals surface area contributed by atoms with Crippen molar-refractivity contribution >= 4 is 23.2 Å². The standard InChI is InChI=1S/C17H26N2O2S/c1-5-7-8-15-17(21)18(4)9-10-19(15)16(20)14-11-22-12(3)13(14)6-2/h11,15H,5-10H2,1-4H3. The van der Waals surface area contributed by atoms with E-state index in [4.69, 9.17) is 0 Å². The highest BCUT2D eigenvalue weighted by molar-refractivity contribution is 7.10. The molecule has 2 heterocycles. The smallest absolute Gasteiger partial charge is 0.255 e. The first-order valence-corrected chi connectivity index (χ1v) is 9.02. The molecule has 0 N–H and O–H groups in total. The van der Waals surface area contributed by atoms with Crippen LogP contribution >= 0.6 is 11.3 Å². The molecule has 2 rings (SSSR count). The van der Waals surface area contributed by atoms with Crippen molar-refractivity contribution in [3.8, 4) is 0 Å². The number of carbonyl (C=O) groups is 2. The Bertz CT molecular complexity index is 553. The monoisotopic (exact) mass is 322 g/mol. The lowest BCUT2D eigenvalue weighted by molar-refractivity contribution is -0.138. The molecule has 1 aromatic rings. The molecule has 22 heavy (non-hydrogen) atoms. The summed E-state index contributed by atoms with van der Waals surface area (Å²) in [7, 11) is 1.83. The molecule has 4 nitrogen and oxygen atoms in total. The zero-order chi connectivity index (χ0) is 16.3. The van der Waals surface area contributed by atoms with Gasteiger partial charge in [0.05, 0.1) is 5.56 Å². The summed E-state index contributed by atoms with van der Waals surface area (Å²) < 4.78 is 0.